The number of methoxy groups -OCH3 is 2. The standard InChI is InChI=1S/C20H20ClN5O4/c1-29-14-7-13(8-15(9-14)30-2)23-18(27)10-17-19(28)25-20(24-17)26-22-11-12-5-3-4-6-16(12)21/h3-9,11,17H,10H2,1-2H3,(H,23,27)(H2,24,25,26,28)/b22-11-/t17-/m1/s1. The van der Waals surface area contributed by atoms with Crippen LogP contribution in [0.2, 0.25) is 5.02 Å². The topological polar surface area (TPSA) is 113 Å². The second-order valence-electron chi connectivity index (χ2n) is 6.23. The number of carbonyl (C=O) groups excluding carboxylic acids is 2. The summed E-state index contributed by atoms with van der Waals surface area (Å²) < 4.78 is 10.3. The number of aliphatic imine (C=N–C) groups is 1. The van der Waals surface area contributed by atoms with E-state index in [1.54, 1.807) is 30.3 Å². The molecule has 0 unspecified atom stereocenters. The molecule has 0 fully saturated rings. The Kier molecular flexibility index (Phi) is 6.87. The van der Waals surface area contributed by atoms with E-state index in [-0.39, 0.29) is 18.3 Å². The number of rotatable bonds is 7. The Morgan fingerprint density at radius 2 is 1.93 bits per heavy atom. The lowest BCUT2D eigenvalue weighted by Crippen LogP contribution is -2.35. The van der Waals surface area contributed by atoms with E-state index in [0.29, 0.717) is 27.8 Å². The summed E-state index contributed by atoms with van der Waals surface area (Å²) in [6.07, 6.45) is 1.37. The number of hydrazone groups is 1. The van der Waals surface area contributed by atoms with Crippen molar-refractivity contribution in [3.8, 4) is 11.5 Å². The maximum Gasteiger partial charge on any atom is 0.252 e. The zero-order valence-electron chi connectivity index (χ0n) is 16.3. The molecule has 2 aromatic carbocycles. The van der Waals surface area contributed by atoms with Crippen molar-refractivity contribution in [1.82, 2.24) is 10.7 Å². The Morgan fingerprint density at radius 3 is 2.60 bits per heavy atom. The predicted molar refractivity (Wildman–Crippen MR) is 114 cm³/mol. The smallest absolute Gasteiger partial charge is 0.252 e. The summed E-state index contributed by atoms with van der Waals surface area (Å²) in [6.45, 7) is 0. The quantitative estimate of drug-likeness (QED) is 0.461. The molecule has 0 bridgehead atoms. The van der Waals surface area contributed by atoms with Crippen molar-refractivity contribution >= 4 is 41.3 Å². The van der Waals surface area contributed by atoms with Gasteiger partial charge in [-0.2, -0.15) is 5.10 Å². The highest BCUT2D eigenvalue weighted by Gasteiger charge is 2.28. The number of nitrogens with zero attached hydrogens (tertiary/aromatic N) is 2. The van der Waals surface area contributed by atoms with E-state index >= 15 is 0 Å². The van der Waals surface area contributed by atoms with E-state index < -0.39 is 11.9 Å². The Morgan fingerprint density at radius 1 is 1.23 bits per heavy atom. The molecule has 3 rings (SSSR count). The minimum Gasteiger partial charge on any atom is -0.497 e. The molecule has 0 saturated heterocycles. The molecule has 9 nitrogen and oxygen atoms in total. The lowest BCUT2D eigenvalue weighted by Gasteiger charge is -2.10. The van der Waals surface area contributed by atoms with Gasteiger partial charge in [-0.1, -0.05) is 29.8 Å². The number of carbonyl (C=O) groups is 2. The van der Waals surface area contributed by atoms with Gasteiger partial charge in [-0.25, -0.2) is 10.4 Å². The second kappa shape index (κ2) is 9.75. The number of ether oxygens (including phenoxy) is 2. The van der Waals surface area contributed by atoms with Crippen LogP contribution in [0.5, 0.6) is 11.5 Å². The van der Waals surface area contributed by atoms with E-state index in [1.807, 2.05) is 12.1 Å². The van der Waals surface area contributed by atoms with Crippen LogP contribution in [-0.4, -0.2) is 44.2 Å². The normalized spacial score (nSPS) is 15.5. The molecule has 0 aromatic heterocycles. The Labute approximate surface area is 178 Å². The third-order valence-corrected chi connectivity index (χ3v) is 4.47. The highest BCUT2D eigenvalue weighted by atomic mass is 35.5. The number of nitrogens with one attached hydrogen (secondary N) is 3. The molecule has 1 atom stereocenters. The number of halogens is 1. The zero-order valence-corrected chi connectivity index (χ0v) is 17.1. The van der Waals surface area contributed by atoms with Crippen LogP contribution in [-0.2, 0) is 9.59 Å². The second-order valence-corrected chi connectivity index (χ2v) is 6.64. The molecule has 1 aliphatic heterocycles. The molecule has 0 spiro atoms. The first kappa shape index (κ1) is 21.1. The zero-order chi connectivity index (χ0) is 21.5. The first-order valence-corrected chi connectivity index (χ1v) is 9.31. The van der Waals surface area contributed by atoms with Crippen molar-refractivity contribution in [2.24, 2.45) is 10.1 Å². The number of guanidine groups is 1. The summed E-state index contributed by atoms with van der Waals surface area (Å²) in [5, 5.41) is 9.81. The van der Waals surface area contributed by atoms with Gasteiger partial charge >= 0.3 is 0 Å². The van der Waals surface area contributed by atoms with Gasteiger partial charge in [-0.15, -0.1) is 0 Å². The largest absolute Gasteiger partial charge is 0.497 e. The van der Waals surface area contributed by atoms with Gasteiger partial charge in [0.25, 0.3) is 5.91 Å². The minimum atomic E-state index is -0.865. The number of hydrogen-bond donors (Lipinski definition) is 3. The van der Waals surface area contributed by atoms with E-state index in [0.717, 1.165) is 0 Å². The SMILES string of the molecule is COc1cc(NC(=O)C[C@H]2N=C(N/N=C\c3ccccc3Cl)NC2=O)cc(OC)c1. The van der Waals surface area contributed by atoms with Gasteiger partial charge < -0.3 is 14.8 Å². The summed E-state index contributed by atoms with van der Waals surface area (Å²) in [5.41, 5.74) is 3.83. The molecular formula is C20H20ClN5O4. The van der Waals surface area contributed by atoms with Crippen LogP contribution in [0.4, 0.5) is 5.69 Å². The van der Waals surface area contributed by atoms with Crippen molar-refractivity contribution in [3.05, 3.63) is 53.1 Å². The van der Waals surface area contributed by atoms with E-state index in [2.05, 4.69) is 26.2 Å². The van der Waals surface area contributed by atoms with Crippen LogP contribution in [0.15, 0.2) is 52.6 Å². The summed E-state index contributed by atoms with van der Waals surface area (Å²) in [5.74, 6) is 0.441. The molecule has 30 heavy (non-hydrogen) atoms. The third kappa shape index (κ3) is 5.48. The van der Waals surface area contributed by atoms with Crippen LogP contribution < -0.4 is 25.5 Å². The average molecular weight is 430 g/mol. The molecule has 0 saturated carbocycles. The number of benzene rings is 2. The molecule has 156 valence electrons. The molecule has 2 amide bonds. The summed E-state index contributed by atoms with van der Waals surface area (Å²) in [7, 11) is 3.03. The molecule has 1 aliphatic rings. The first-order chi connectivity index (χ1) is 14.5. The van der Waals surface area contributed by atoms with Gasteiger partial charge in [0, 0.05) is 34.5 Å². The number of amides is 2. The summed E-state index contributed by atoms with van der Waals surface area (Å²) in [4.78, 5) is 28.6. The molecule has 0 radical (unpaired) electrons. The molecule has 0 aliphatic carbocycles. The van der Waals surface area contributed by atoms with Gasteiger partial charge in [0.15, 0.2) is 0 Å². The lowest BCUT2D eigenvalue weighted by atomic mass is 10.2. The van der Waals surface area contributed by atoms with Gasteiger partial charge in [-0.05, 0) is 6.07 Å². The van der Waals surface area contributed by atoms with E-state index in [1.165, 1.54) is 20.4 Å². The Hall–Kier alpha value is -3.59. The maximum absolute atomic E-state index is 12.3. The molecule has 3 N–H and O–H groups in total. The summed E-state index contributed by atoms with van der Waals surface area (Å²) >= 11 is 6.05. The van der Waals surface area contributed by atoms with Gasteiger partial charge in [0.05, 0.1) is 26.9 Å². The molecule has 2 aromatic rings. The maximum atomic E-state index is 12.3. The Balaban J connectivity index is 1.58. The van der Waals surface area contributed by atoms with Gasteiger partial charge in [0.2, 0.25) is 11.9 Å². The molecule has 10 heteroatoms. The molecule has 1 heterocycles. The lowest BCUT2D eigenvalue weighted by molar-refractivity contribution is -0.123. The third-order valence-electron chi connectivity index (χ3n) is 4.12. The van der Waals surface area contributed by atoms with Crippen LogP contribution in [0.25, 0.3) is 0 Å². The van der Waals surface area contributed by atoms with E-state index in [4.69, 9.17) is 21.1 Å². The fourth-order valence-electron chi connectivity index (χ4n) is 2.65. The predicted octanol–water partition coefficient (Wildman–Crippen LogP) is 2.16. The van der Waals surface area contributed by atoms with Crippen molar-refractivity contribution in [2.45, 2.75) is 12.5 Å². The monoisotopic (exact) mass is 429 g/mol. The average Bonchev–Trinajstić information content (AvgIpc) is 3.07. The number of anilines is 1. The minimum absolute atomic E-state index is 0.134. The highest BCUT2D eigenvalue weighted by Crippen LogP contribution is 2.26. The summed E-state index contributed by atoms with van der Waals surface area (Å²) in [6, 6.07) is 11.3. The number of hydrogen-bond acceptors (Lipinski definition) is 7. The molecular weight excluding hydrogens is 410 g/mol. The van der Waals surface area contributed by atoms with Crippen molar-refractivity contribution < 1.29 is 19.1 Å². The van der Waals surface area contributed by atoms with Crippen LogP contribution in [0, 0.1) is 0 Å². The Bertz CT molecular complexity index is 986. The van der Waals surface area contributed by atoms with Crippen molar-refractivity contribution in [2.75, 3.05) is 19.5 Å². The van der Waals surface area contributed by atoms with Crippen molar-refractivity contribution in [3.63, 3.8) is 0 Å². The first-order valence-electron chi connectivity index (χ1n) is 8.93. The van der Waals surface area contributed by atoms with Crippen LogP contribution in [0.3, 0.4) is 0 Å². The van der Waals surface area contributed by atoms with Crippen LogP contribution in [0.1, 0.15) is 12.0 Å². The van der Waals surface area contributed by atoms with Gasteiger partial charge in [0.1, 0.15) is 17.5 Å². The van der Waals surface area contributed by atoms with Gasteiger partial charge in [-0.3, -0.25) is 14.9 Å². The fraction of sp³-hybridized carbons (Fsp3) is 0.200. The van der Waals surface area contributed by atoms with Crippen molar-refractivity contribution in [1.29, 1.82) is 0 Å². The highest BCUT2D eigenvalue weighted by molar-refractivity contribution is 6.33. The van der Waals surface area contributed by atoms with E-state index in [9.17, 15) is 9.59 Å². The fourth-order valence-corrected chi connectivity index (χ4v) is 2.84. The van der Waals surface area contributed by atoms with Crippen LogP contribution >= 0.6 is 11.6 Å².